The molecule has 0 aromatic rings. The molecule has 0 saturated heterocycles. The molecule has 58 valence electrons. The van der Waals surface area contributed by atoms with Crippen LogP contribution in [0, 0.1) is 5.92 Å². The van der Waals surface area contributed by atoms with Crippen molar-refractivity contribution in [1.82, 2.24) is 0 Å². The van der Waals surface area contributed by atoms with E-state index in [4.69, 9.17) is 0 Å². The number of hydrogen-bond donors (Lipinski definition) is 0. The van der Waals surface area contributed by atoms with Gasteiger partial charge in [0.2, 0.25) is 0 Å². The largest absolute Gasteiger partial charge is 0.269 e. The Morgan fingerprint density at radius 1 is 1.70 bits per heavy atom. The average molecular weight is 176 g/mol. The van der Waals surface area contributed by atoms with Crippen LogP contribution in [0.15, 0.2) is 0 Å². The van der Waals surface area contributed by atoms with E-state index in [2.05, 4.69) is 24.8 Å². The average Bonchev–Trinajstić information content (AvgIpc) is 1.88. The van der Waals surface area contributed by atoms with Crippen molar-refractivity contribution < 1.29 is 4.58 Å². The molecule has 1 aliphatic heterocycles. The lowest BCUT2D eigenvalue weighted by molar-refractivity contribution is -0.499. The summed E-state index contributed by atoms with van der Waals surface area (Å²) < 4.78 is 3.82. The van der Waals surface area contributed by atoms with Crippen LogP contribution in [0.25, 0.3) is 0 Å². The standard InChI is InChI=1S/C7H14NS2/c1-6-4-8(2)7(9-3)10-5-6/h6H,4-5H2,1-3H3/q+1. The molecule has 10 heavy (non-hydrogen) atoms. The second kappa shape index (κ2) is 3.67. The summed E-state index contributed by atoms with van der Waals surface area (Å²) in [6.07, 6.45) is 2.15. The van der Waals surface area contributed by atoms with Crippen molar-refractivity contribution in [2.24, 2.45) is 5.92 Å². The zero-order valence-electron chi connectivity index (χ0n) is 6.76. The third kappa shape index (κ3) is 1.92. The summed E-state index contributed by atoms with van der Waals surface area (Å²) in [5, 5.41) is 0. The van der Waals surface area contributed by atoms with E-state index in [1.807, 2.05) is 23.5 Å². The molecular formula is C7H14NS2+. The van der Waals surface area contributed by atoms with Gasteiger partial charge in [-0.2, -0.15) is 0 Å². The lowest BCUT2D eigenvalue weighted by Gasteiger charge is -2.14. The van der Waals surface area contributed by atoms with E-state index in [1.165, 1.54) is 16.7 Å². The van der Waals surface area contributed by atoms with E-state index in [-0.39, 0.29) is 0 Å². The van der Waals surface area contributed by atoms with Gasteiger partial charge in [-0.15, -0.1) is 0 Å². The van der Waals surface area contributed by atoms with Gasteiger partial charge in [-0.1, -0.05) is 18.7 Å². The van der Waals surface area contributed by atoms with E-state index in [9.17, 15) is 0 Å². The van der Waals surface area contributed by atoms with Gasteiger partial charge in [0, 0.05) is 11.7 Å². The fourth-order valence-electron chi connectivity index (χ4n) is 1.13. The Hall–Kier alpha value is 0.370. The molecule has 1 rings (SSSR count). The minimum absolute atomic E-state index is 0.853. The maximum absolute atomic E-state index is 2.35. The normalized spacial score (nSPS) is 27.3. The topological polar surface area (TPSA) is 3.01 Å². The van der Waals surface area contributed by atoms with Crippen molar-refractivity contribution in [2.45, 2.75) is 6.92 Å². The molecule has 0 N–H and O–H groups in total. The van der Waals surface area contributed by atoms with Crippen molar-refractivity contribution >= 4 is 27.9 Å². The number of nitrogens with zero attached hydrogens (tertiary/aromatic N) is 1. The quantitative estimate of drug-likeness (QED) is 0.517. The smallest absolute Gasteiger partial charge is 0.221 e. The third-order valence-electron chi connectivity index (χ3n) is 1.56. The summed E-state index contributed by atoms with van der Waals surface area (Å²) in [7, 11) is 2.18. The Morgan fingerprint density at radius 3 is 2.90 bits per heavy atom. The number of thioether (sulfide) groups is 2. The van der Waals surface area contributed by atoms with Gasteiger partial charge in [0.1, 0.15) is 13.6 Å². The molecule has 3 heteroatoms. The molecule has 0 spiro atoms. The fraction of sp³-hybridized carbons (Fsp3) is 0.857. The van der Waals surface area contributed by atoms with Gasteiger partial charge < -0.3 is 0 Å². The Morgan fingerprint density at radius 2 is 2.40 bits per heavy atom. The van der Waals surface area contributed by atoms with Crippen LogP contribution in [0.4, 0.5) is 0 Å². The van der Waals surface area contributed by atoms with Gasteiger partial charge in [-0.25, -0.2) is 4.58 Å². The van der Waals surface area contributed by atoms with Gasteiger partial charge >= 0.3 is 0 Å². The fourth-order valence-corrected chi connectivity index (χ4v) is 3.02. The summed E-state index contributed by atoms with van der Waals surface area (Å²) in [6.45, 7) is 3.53. The molecule has 1 nitrogen and oxygen atoms in total. The zero-order chi connectivity index (χ0) is 7.56. The molecule has 0 amide bonds. The van der Waals surface area contributed by atoms with Crippen molar-refractivity contribution in [3.63, 3.8) is 0 Å². The first-order valence-corrected chi connectivity index (χ1v) is 5.70. The van der Waals surface area contributed by atoms with E-state index in [0.29, 0.717) is 0 Å². The van der Waals surface area contributed by atoms with Crippen molar-refractivity contribution in [3.8, 4) is 0 Å². The third-order valence-corrected chi connectivity index (χ3v) is 4.37. The lowest BCUT2D eigenvalue weighted by atomic mass is 10.2. The van der Waals surface area contributed by atoms with Gasteiger partial charge in [0.25, 0.3) is 4.38 Å². The summed E-state index contributed by atoms with van der Waals surface area (Å²) >= 11 is 3.85. The predicted octanol–water partition coefficient (Wildman–Crippen LogP) is 1.73. The van der Waals surface area contributed by atoms with Crippen LogP contribution < -0.4 is 0 Å². The second-order valence-electron chi connectivity index (χ2n) is 2.77. The summed E-state index contributed by atoms with van der Waals surface area (Å²) in [5.41, 5.74) is 0. The predicted molar refractivity (Wildman–Crippen MR) is 51.2 cm³/mol. The molecule has 0 bridgehead atoms. The molecule has 0 aromatic carbocycles. The molecule has 0 fully saturated rings. The highest BCUT2D eigenvalue weighted by molar-refractivity contribution is 8.38. The lowest BCUT2D eigenvalue weighted by Crippen LogP contribution is -2.26. The van der Waals surface area contributed by atoms with Crippen molar-refractivity contribution in [2.75, 3.05) is 25.6 Å². The summed E-state index contributed by atoms with van der Waals surface area (Å²) in [6, 6.07) is 0. The minimum atomic E-state index is 0.853. The Bertz CT molecular complexity index is 154. The molecule has 0 aliphatic carbocycles. The van der Waals surface area contributed by atoms with Crippen molar-refractivity contribution in [3.05, 3.63) is 0 Å². The first-order chi connectivity index (χ1) is 4.74. The van der Waals surface area contributed by atoms with Gasteiger partial charge in [-0.05, 0) is 18.0 Å². The summed E-state index contributed by atoms with van der Waals surface area (Å²) in [5.74, 6) is 2.14. The Labute approximate surface area is 71.3 Å². The first-order valence-electron chi connectivity index (χ1n) is 3.49. The highest BCUT2D eigenvalue weighted by Crippen LogP contribution is 2.21. The van der Waals surface area contributed by atoms with Crippen LogP contribution in [0.2, 0.25) is 0 Å². The van der Waals surface area contributed by atoms with Crippen LogP contribution in [0.3, 0.4) is 0 Å². The monoisotopic (exact) mass is 176 g/mol. The SMILES string of the molecule is CSC1=[N+](C)CC(C)CS1. The molecule has 1 aliphatic rings. The van der Waals surface area contributed by atoms with Gasteiger partial charge in [-0.3, -0.25) is 0 Å². The first kappa shape index (κ1) is 8.47. The molecule has 0 aromatic heterocycles. The Kier molecular flexibility index (Phi) is 3.11. The minimum Gasteiger partial charge on any atom is -0.221 e. The second-order valence-corrected chi connectivity index (χ2v) is 4.83. The molecular weight excluding hydrogens is 162 g/mol. The molecule has 0 saturated carbocycles. The van der Waals surface area contributed by atoms with Crippen LogP contribution >= 0.6 is 23.5 Å². The highest BCUT2D eigenvalue weighted by atomic mass is 32.2. The molecule has 1 unspecified atom stereocenters. The van der Waals surface area contributed by atoms with Crippen molar-refractivity contribution in [1.29, 1.82) is 0 Å². The van der Waals surface area contributed by atoms with E-state index < -0.39 is 0 Å². The van der Waals surface area contributed by atoms with E-state index in [0.717, 1.165) is 5.92 Å². The van der Waals surface area contributed by atoms with Crippen LogP contribution in [0.5, 0.6) is 0 Å². The number of hydrogen-bond acceptors (Lipinski definition) is 2. The van der Waals surface area contributed by atoms with Crippen LogP contribution in [0.1, 0.15) is 6.92 Å². The van der Waals surface area contributed by atoms with Gasteiger partial charge in [0.15, 0.2) is 0 Å². The maximum atomic E-state index is 2.35. The van der Waals surface area contributed by atoms with Crippen LogP contribution in [-0.4, -0.2) is 34.6 Å². The maximum Gasteiger partial charge on any atom is 0.269 e. The zero-order valence-corrected chi connectivity index (χ0v) is 8.39. The molecule has 1 atom stereocenters. The van der Waals surface area contributed by atoms with Crippen LogP contribution in [-0.2, 0) is 0 Å². The van der Waals surface area contributed by atoms with E-state index in [1.54, 1.807) is 0 Å². The molecule has 0 radical (unpaired) electrons. The highest BCUT2D eigenvalue weighted by Gasteiger charge is 2.21. The van der Waals surface area contributed by atoms with E-state index >= 15 is 0 Å². The number of rotatable bonds is 0. The summed E-state index contributed by atoms with van der Waals surface area (Å²) in [4.78, 5) is 0. The molecule has 1 heterocycles. The van der Waals surface area contributed by atoms with Gasteiger partial charge in [0.05, 0.1) is 0 Å². The Balaban J connectivity index is 2.61.